The summed E-state index contributed by atoms with van der Waals surface area (Å²) in [4.78, 5) is 20.2. The van der Waals surface area contributed by atoms with Gasteiger partial charge >= 0.3 is 0 Å². The number of fused-ring (bicyclic) bond motifs is 1. The molecule has 1 atom stereocenters. The maximum absolute atomic E-state index is 11.6. The number of carbonyl (C=O) groups excluding carboxylic acids is 1. The van der Waals surface area contributed by atoms with Gasteiger partial charge in [0.05, 0.1) is 6.20 Å². The van der Waals surface area contributed by atoms with Crippen molar-refractivity contribution in [1.82, 2.24) is 19.7 Å². The highest BCUT2D eigenvalue weighted by Gasteiger charge is 2.14. The summed E-state index contributed by atoms with van der Waals surface area (Å²) in [5, 5.41) is 8.81. The van der Waals surface area contributed by atoms with E-state index in [1.54, 1.807) is 20.2 Å². The summed E-state index contributed by atoms with van der Waals surface area (Å²) < 4.78 is 1.86. The summed E-state index contributed by atoms with van der Waals surface area (Å²) >= 11 is 0. The largest absolute Gasteiger partial charge is 0.369 e. The summed E-state index contributed by atoms with van der Waals surface area (Å²) in [5.74, 6) is 1.22. The van der Waals surface area contributed by atoms with Gasteiger partial charge in [-0.2, -0.15) is 0 Å². The Balaban J connectivity index is 2.34. The molecule has 102 valence electrons. The van der Waals surface area contributed by atoms with Gasteiger partial charge in [0.2, 0.25) is 5.91 Å². The fourth-order valence-corrected chi connectivity index (χ4v) is 1.78. The van der Waals surface area contributed by atoms with Gasteiger partial charge in [-0.25, -0.2) is 9.97 Å². The van der Waals surface area contributed by atoms with Crippen LogP contribution >= 0.6 is 0 Å². The van der Waals surface area contributed by atoms with E-state index in [0.717, 1.165) is 12.4 Å². The predicted octanol–water partition coefficient (Wildman–Crippen LogP) is 0.707. The van der Waals surface area contributed by atoms with Gasteiger partial charge in [-0.1, -0.05) is 0 Å². The van der Waals surface area contributed by atoms with E-state index in [9.17, 15) is 4.79 Å². The third-order valence-electron chi connectivity index (χ3n) is 2.72. The SMILES string of the molecule is CCNc1cn2ccnc2c(NC(C)C(=O)NC)n1. The van der Waals surface area contributed by atoms with Crippen LogP contribution in [0.1, 0.15) is 13.8 Å². The van der Waals surface area contributed by atoms with E-state index in [1.807, 2.05) is 23.7 Å². The number of amides is 1. The van der Waals surface area contributed by atoms with E-state index in [-0.39, 0.29) is 11.9 Å². The van der Waals surface area contributed by atoms with E-state index in [0.29, 0.717) is 11.5 Å². The normalized spacial score (nSPS) is 12.2. The number of aromatic nitrogens is 3. The van der Waals surface area contributed by atoms with Gasteiger partial charge in [-0.15, -0.1) is 0 Å². The molecule has 0 aromatic carbocycles. The third kappa shape index (κ3) is 2.75. The van der Waals surface area contributed by atoms with Gasteiger partial charge < -0.3 is 20.4 Å². The second-order valence-electron chi connectivity index (χ2n) is 4.14. The Kier molecular flexibility index (Phi) is 3.84. The van der Waals surface area contributed by atoms with Crippen molar-refractivity contribution in [3.63, 3.8) is 0 Å². The number of likely N-dealkylation sites (N-methyl/N-ethyl adjacent to an activating group) is 1. The predicted molar refractivity (Wildman–Crippen MR) is 74.3 cm³/mol. The van der Waals surface area contributed by atoms with Crippen LogP contribution in [0.3, 0.4) is 0 Å². The van der Waals surface area contributed by atoms with Crippen LogP contribution in [0.5, 0.6) is 0 Å². The molecule has 3 N–H and O–H groups in total. The smallest absolute Gasteiger partial charge is 0.241 e. The topological polar surface area (TPSA) is 83.3 Å². The number of rotatable bonds is 5. The first-order chi connectivity index (χ1) is 9.15. The van der Waals surface area contributed by atoms with E-state index >= 15 is 0 Å². The molecule has 2 rings (SSSR count). The maximum atomic E-state index is 11.6. The minimum absolute atomic E-state index is 0.0969. The van der Waals surface area contributed by atoms with Gasteiger partial charge in [0, 0.05) is 26.0 Å². The van der Waals surface area contributed by atoms with Gasteiger partial charge in [0.1, 0.15) is 11.9 Å². The number of carbonyl (C=O) groups is 1. The van der Waals surface area contributed by atoms with Crippen LogP contribution in [0, 0.1) is 0 Å². The van der Waals surface area contributed by atoms with Crippen molar-refractivity contribution in [2.75, 3.05) is 24.2 Å². The van der Waals surface area contributed by atoms with Crippen LogP contribution in [-0.2, 0) is 4.79 Å². The van der Waals surface area contributed by atoms with Crippen LogP contribution in [-0.4, -0.2) is 39.9 Å². The highest BCUT2D eigenvalue weighted by atomic mass is 16.2. The molecule has 19 heavy (non-hydrogen) atoms. The lowest BCUT2D eigenvalue weighted by Crippen LogP contribution is -2.35. The fourth-order valence-electron chi connectivity index (χ4n) is 1.78. The van der Waals surface area contributed by atoms with Crippen LogP contribution in [0.4, 0.5) is 11.6 Å². The Hall–Kier alpha value is -2.31. The van der Waals surface area contributed by atoms with E-state index in [2.05, 4.69) is 25.9 Å². The first-order valence-electron chi connectivity index (χ1n) is 6.21. The summed E-state index contributed by atoms with van der Waals surface area (Å²) in [5.41, 5.74) is 0.692. The molecule has 7 nitrogen and oxygen atoms in total. The van der Waals surface area contributed by atoms with E-state index < -0.39 is 0 Å². The molecular weight excluding hydrogens is 244 g/mol. The number of imidazole rings is 1. The molecular formula is C12H18N6O. The van der Waals surface area contributed by atoms with Gasteiger partial charge in [-0.3, -0.25) is 4.79 Å². The Morgan fingerprint density at radius 1 is 1.53 bits per heavy atom. The molecule has 0 radical (unpaired) electrons. The molecule has 7 heteroatoms. The average molecular weight is 262 g/mol. The minimum atomic E-state index is -0.380. The first kappa shape index (κ1) is 13.1. The van der Waals surface area contributed by atoms with Crippen LogP contribution < -0.4 is 16.0 Å². The molecule has 0 saturated carbocycles. The lowest BCUT2D eigenvalue weighted by molar-refractivity contribution is -0.121. The molecule has 0 fully saturated rings. The summed E-state index contributed by atoms with van der Waals surface area (Å²) in [6, 6.07) is -0.380. The fraction of sp³-hybridized carbons (Fsp3) is 0.417. The quantitative estimate of drug-likeness (QED) is 0.739. The van der Waals surface area contributed by atoms with Gasteiger partial charge in [0.25, 0.3) is 0 Å². The lowest BCUT2D eigenvalue weighted by Gasteiger charge is -2.14. The van der Waals surface area contributed by atoms with Crippen molar-refractivity contribution < 1.29 is 4.79 Å². The van der Waals surface area contributed by atoms with E-state index in [1.165, 1.54) is 0 Å². The Bertz CT molecular complexity index is 579. The molecule has 0 saturated heterocycles. The number of nitrogens with zero attached hydrogens (tertiary/aromatic N) is 3. The highest BCUT2D eigenvalue weighted by Crippen LogP contribution is 2.17. The zero-order chi connectivity index (χ0) is 13.8. The van der Waals surface area contributed by atoms with E-state index in [4.69, 9.17) is 0 Å². The van der Waals surface area contributed by atoms with Gasteiger partial charge in [0.15, 0.2) is 11.5 Å². The molecule has 2 aromatic heterocycles. The molecule has 2 aromatic rings. The van der Waals surface area contributed by atoms with Crippen molar-refractivity contribution >= 4 is 23.2 Å². The van der Waals surface area contributed by atoms with Crippen molar-refractivity contribution in [3.8, 4) is 0 Å². The summed E-state index contributed by atoms with van der Waals surface area (Å²) in [6.07, 6.45) is 5.40. The number of hydrogen-bond donors (Lipinski definition) is 3. The standard InChI is InChI=1S/C12H18N6O/c1-4-14-9-7-18-6-5-15-11(18)10(17-9)16-8(2)12(19)13-3/h5-8,14H,4H2,1-3H3,(H,13,19)(H,16,17). The number of nitrogens with one attached hydrogen (secondary N) is 3. The van der Waals surface area contributed by atoms with Crippen LogP contribution in [0.15, 0.2) is 18.6 Å². The molecule has 1 amide bonds. The molecule has 2 heterocycles. The molecule has 1 unspecified atom stereocenters. The minimum Gasteiger partial charge on any atom is -0.369 e. The monoisotopic (exact) mass is 262 g/mol. The Morgan fingerprint density at radius 2 is 2.32 bits per heavy atom. The molecule has 0 bridgehead atoms. The summed E-state index contributed by atoms with van der Waals surface area (Å²) in [6.45, 7) is 4.55. The van der Waals surface area contributed by atoms with Gasteiger partial charge in [-0.05, 0) is 13.8 Å². The number of anilines is 2. The molecule has 0 aliphatic carbocycles. The lowest BCUT2D eigenvalue weighted by atomic mass is 10.3. The zero-order valence-electron chi connectivity index (χ0n) is 11.3. The summed E-state index contributed by atoms with van der Waals surface area (Å²) in [7, 11) is 1.61. The second-order valence-corrected chi connectivity index (χ2v) is 4.14. The third-order valence-corrected chi connectivity index (χ3v) is 2.72. The van der Waals surface area contributed by atoms with Crippen molar-refractivity contribution in [3.05, 3.63) is 18.6 Å². The Labute approximate surface area is 111 Å². The molecule has 0 aliphatic heterocycles. The first-order valence-corrected chi connectivity index (χ1v) is 6.21. The number of hydrogen-bond acceptors (Lipinski definition) is 5. The second kappa shape index (κ2) is 5.55. The Morgan fingerprint density at radius 3 is 3.00 bits per heavy atom. The highest BCUT2D eigenvalue weighted by molar-refractivity contribution is 5.84. The van der Waals surface area contributed by atoms with Crippen molar-refractivity contribution in [1.29, 1.82) is 0 Å². The average Bonchev–Trinajstić information content (AvgIpc) is 2.86. The van der Waals surface area contributed by atoms with Crippen molar-refractivity contribution in [2.24, 2.45) is 0 Å². The van der Waals surface area contributed by atoms with Crippen LogP contribution in [0.25, 0.3) is 5.65 Å². The van der Waals surface area contributed by atoms with Crippen molar-refractivity contribution in [2.45, 2.75) is 19.9 Å². The maximum Gasteiger partial charge on any atom is 0.241 e. The molecule has 0 aliphatic rings. The molecule has 0 spiro atoms. The van der Waals surface area contributed by atoms with Crippen LogP contribution in [0.2, 0.25) is 0 Å². The zero-order valence-corrected chi connectivity index (χ0v) is 11.3.